The summed E-state index contributed by atoms with van der Waals surface area (Å²) < 4.78 is 5.43. The summed E-state index contributed by atoms with van der Waals surface area (Å²) in [6.07, 6.45) is 1.94. The zero-order valence-electron chi connectivity index (χ0n) is 16.5. The highest BCUT2D eigenvalue weighted by molar-refractivity contribution is 6.13. The summed E-state index contributed by atoms with van der Waals surface area (Å²) in [6, 6.07) is 17.8. The van der Waals surface area contributed by atoms with Gasteiger partial charge in [-0.2, -0.15) is 0 Å². The van der Waals surface area contributed by atoms with Gasteiger partial charge in [-0.05, 0) is 37.0 Å². The number of para-hydroxylation sites is 2. The van der Waals surface area contributed by atoms with Crippen LogP contribution in [0.3, 0.4) is 0 Å². The topological polar surface area (TPSA) is 70.7 Å². The van der Waals surface area contributed by atoms with E-state index in [1.54, 1.807) is 0 Å². The van der Waals surface area contributed by atoms with Gasteiger partial charge in [0, 0.05) is 19.6 Å². The molecule has 2 aromatic carbocycles. The van der Waals surface area contributed by atoms with Crippen molar-refractivity contribution in [3.63, 3.8) is 0 Å². The number of hydrogen-bond donors (Lipinski definition) is 2. The van der Waals surface area contributed by atoms with Crippen LogP contribution in [0, 0.1) is 5.41 Å². The van der Waals surface area contributed by atoms with Crippen LogP contribution in [0.4, 0.5) is 11.4 Å². The first-order valence-corrected chi connectivity index (χ1v) is 10.2. The minimum atomic E-state index is -0.936. The smallest absolute Gasteiger partial charge is 0.240 e. The van der Waals surface area contributed by atoms with Crippen LogP contribution in [0.15, 0.2) is 54.6 Å². The molecule has 0 bridgehead atoms. The Morgan fingerprint density at radius 1 is 0.931 bits per heavy atom. The summed E-state index contributed by atoms with van der Waals surface area (Å²) in [4.78, 5) is 27.9. The minimum absolute atomic E-state index is 0.171. The van der Waals surface area contributed by atoms with Gasteiger partial charge in [0.1, 0.15) is 5.41 Å². The number of carbonyl (C=O) groups excluding carboxylic acids is 2. The van der Waals surface area contributed by atoms with Gasteiger partial charge in [-0.25, -0.2) is 0 Å². The van der Waals surface area contributed by atoms with Crippen molar-refractivity contribution in [1.82, 2.24) is 5.32 Å². The molecule has 2 N–H and O–H groups in total. The molecular formula is C23H27N3O3. The third-order valence-corrected chi connectivity index (χ3v) is 5.67. The molecular weight excluding hydrogens is 366 g/mol. The molecule has 2 aliphatic rings. The van der Waals surface area contributed by atoms with E-state index in [4.69, 9.17) is 4.74 Å². The van der Waals surface area contributed by atoms with Gasteiger partial charge < -0.3 is 20.3 Å². The van der Waals surface area contributed by atoms with Crippen molar-refractivity contribution in [3.8, 4) is 0 Å². The molecule has 0 unspecified atom stereocenters. The first kappa shape index (κ1) is 19.5. The number of nitrogens with one attached hydrogen (secondary N) is 2. The standard InChI is InChI=1S/C23H27N3O3/c27-21(24-13-10-18-6-2-1-3-7-18)23(11-12-23)22(28)25-19-8-4-5-9-20(19)26-14-16-29-17-15-26/h1-9H,10-17H2,(H,24,27)(H,25,28). The maximum atomic E-state index is 13.0. The monoisotopic (exact) mass is 393 g/mol. The number of carbonyl (C=O) groups is 2. The summed E-state index contributed by atoms with van der Waals surface area (Å²) in [7, 11) is 0. The largest absolute Gasteiger partial charge is 0.378 e. The van der Waals surface area contributed by atoms with E-state index < -0.39 is 5.41 Å². The Labute approximate surface area is 171 Å². The van der Waals surface area contributed by atoms with Crippen LogP contribution in [0.2, 0.25) is 0 Å². The van der Waals surface area contributed by atoms with E-state index in [0.717, 1.165) is 30.9 Å². The van der Waals surface area contributed by atoms with E-state index in [1.807, 2.05) is 54.6 Å². The average Bonchev–Trinajstić information content (AvgIpc) is 3.58. The Hall–Kier alpha value is -2.86. The Morgan fingerprint density at radius 3 is 2.34 bits per heavy atom. The lowest BCUT2D eigenvalue weighted by molar-refractivity contribution is -0.134. The normalized spacial score (nSPS) is 17.4. The summed E-state index contributed by atoms with van der Waals surface area (Å²) in [5.74, 6) is -0.384. The first-order valence-electron chi connectivity index (χ1n) is 10.2. The predicted molar refractivity (Wildman–Crippen MR) is 113 cm³/mol. The summed E-state index contributed by atoms with van der Waals surface area (Å²) in [5.41, 5.74) is 1.96. The van der Waals surface area contributed by atoms with Gasteiger partial charge in [0.05, 0.1) is 24.6 Å². The van der Waals surface area contributed by atoms with E-state index in [0.29, 0.717) is 32.6 Å². The van der Waals surface area contributed by atoms with Crippen molar-refractivity contribution >= 4 is 23.2 Å². The lowest BCUT2D eigenvalue weighted by atomic mass is 10.0. The Kier molecular flexibility index (Phi) is 5.81. The van der Waals surface area contributed by atoms with E-state index in [-0.39, 0.29) is 11.8 Å². The number of morpholine rings is 1. The van der Waals surface area contributed by atoms with Crippen LogP contribution >= 0.6 is 0 Å². The van der Waals surface area contributed by atoms with Crippen molar-refractivity contribution in [1.29, 1.82) is 0 Å². The number of ether oxygens (including phenoxy) is 1. The lowest BCUT2D eigenvalue weighted by Crippen LogP contribution is -2.41. The zero-order chi connectivity index (χ0) is 20.1. The molecule has 1 aliphatic heterocycles. The number of nitrogens with zero attached hydrogens (tertiary/aromatic N) is 1. The molecule has 6 heteroatoms. The molecule has 4 rings (SSSR count). The van der Waals surface area contributed by atoms with Gasteiger partial charge in [0.2, 0.25) is 11.8 Å². The Bertz CT molecular complexity index is 859. The van der Waals surface area contributed by atoms with E-state index in [2.05, 4.69) is 15.5 Å². The van der Waals surface area contributed by atoms with Crippen LogP contribution < -0.4 is 15.5 Å². The van der Waals surface area contributed by atoms with E-state index in [1.165, 1.54) is 5.56 Å². The number of anilines is 2. The third kappa shape index (κ3) is 4.43. The highest BCUT2D eigenvalue weighted by Gasteiger charge is 2.56. The van der Waals surface area contributed by atoms with E-state index >= 15 is 0 Å². The fraction of sp³-hybridized carbons (Fsp3) is 0.391. The van der Waals surface area contributed by atoms with Crippen molar-refractivity contribution in [3.05, 3.63) is 60.2 Å². The van der Waals surface area contributed by atoms with Crippen LogP contribution in [0.5, 0.6) is 0 Å². The lowest BCUT2D eigenvalue weighted by Gasteiger charge is -2.30. The molecule has 1 saturated carbocycles. The van der Waals surface area contributed by atoms with Crippen molar-refractivity contribution in [2.24, 2.45) is 5.41 Å². The molecule has 1 heterocycles. The Morgan fingerprint density at radius 2 is 1.62 bits per heavy atom. The Balaban J connectivity index is 1.37. The quantitative estimate of drug-likeness (QED) is 0.710. The molecule has 29 heavy (non-hydrogen) atoms. The van der Waals surface area contributed by atoms with E-state index in [9.17, 15) is 9.59 Å². The molecule has 0 atom stereocenters. The molecule has 152 valence electrons. The minimum Gasteiger partial charge on any atom is -0.378 e. The highest BCUT2D eigenvalue weighted by atomic mass is 16.5. The van der Waals surface area contributed by atoms with Gasteiger partial charge in [-0.1, -0.05) is 42.5 Å². The molecule has 2 fully saturated rings. The summed E-state index contributed by atoms with van der Waals surface area (Å²) in [6.45, 7) is 3.46. The van der Waals surface area contributed by atoms with Gasteiger partial charge in [-0.15, -0.1) is 0 Å². The SMILES string of the molecule is O=C(NCCc1ccccc1)C1(C(=O)Nc2ccccc2N2CCOCC2)CC1. The fourth-order valence-electron chi connectivity index (χ4n) is 3.72. The molecule has 0 spiro atoms. The molecule has 6 nitrogen and oxygen atoms in total. The maximum absolute atomic E-state index is 13.0. The fourth-order valence-corrected chi connectivity index (χ4v) is 3.72. The second kappa shape index (κ2) is 8.66. The van der Waals surface area contributed by atoms with Crippen molar-refractivity contribution in [2.45, 2.75) is 19.3 Å². The molecule has 1 saturated heterocycles. The summed E-state index contributed by atoms with van der Waals surface area (Å²) >= 11 is 0. The van der Waals surface area contributed by atoms with Crippen LogP contribution in [-0.4, -0.2) is 44.7 Å². The molecule has 2 aromatic rings. The van der Waals surface area contributed by atoms with Gasteiger partial charge in [0.15, 0.2) is 0 Å². The molecule has 0 aromatic heterocycles. The van der Waals surface area contributed by atoms with Gasteiger partial charge >= 0.3 is 0 Å². The highest BCUT2D eigenvalue weighted by Crippen LogP contribution is 2.47. The second-order valence-corrected chi connectivity index (χ2v) is 7.64. The second-order valence-electron chi connectivity index (χ2n) is 7.64. The van der Waals surface area contributed by atoms with Gasteiger partial charge in [0.25, 0.3) is 0 Å². The van der Waals surface area contributed by atoms with Gasteiger partial charge in [-0.3, -0.25) is 9.59 Å². The number of amides is 2. The van der Waals surface area contributed by atoms with Crippen LogP contribution in [-0.2, 0) is 20.7 Å². The zero-order valence-corrected chi connectivity index (χ0v) is 16.5. The third-order valence-electron chi connectivity index (χ3n) is 5.67. The predicted octanol–water partition coefficient (Wildman–Crippen LogP) is 2.60. The van der Waals surface area contributed by atoms with Crippen molar-refractivity contribution in [2.75, 3.05) is 43.1 Å². The van der Waals surface area contributed by atoms with Crippen LogP contribution in [0.1, 0.15) is 18.4 Å². The number of hydrogen-bond acceptors (Lipinski definition) is 4. The molecule has 0 radical (unpaired) electrons. The van der Waals surface area contributed by atoms with Crippen molar-refractivity contribution < 1.29 is 14.3 Å². The maximum Gasteiger partial charge on any atom is 0.240 e. The molecule has 2 amide bonds. The summed E-state index contributed by atoms with van der Waals surface area (Å²) in [5, 5.41) is 5.97. The van der Waals surface area contributed by atoms with Crippen LogP contribution in [0.25, 0.3) is 0 Å². The average molecular weight is 393 g/mol. The number of benzene rings is 2. The first-order chi connectivity index (χ1) is 14.2. The number of rotatable bonds is 7. The molecule has 1 aliphatic carbocycles.